The number of anilines is 4. The number of rotatable bonds is 8. The molecule has 0 radical (unpaired) electrons. The largest absolute Gasteiger partial charge is 0.314 e. The molecule has 0 unspecified atom stereocenters. The summed E-state index contributed by atoms with van der Waals surface area (Å²) in [6.45, 7) is 0. The lowest BCUT2D eigenvalue weighted by Crippen LogP contribution is -2.57. The number of nitrogens with zero attached hydrogens (tertiary/aromatic N) is 2. The lowest BCUT2D eigenvalue weighted by Gasteiger charge is -2.52. The van der Waals surface area contributed by atoms with E-state index < -0.39 is 5.66 Å². The van der Waals surface area contributed by atoms with Crippen LogP contribution in [-0.2, 0) is 0 Å². The molecule has 7 rings (SSSR count). The van der Waals surface area contributed by atoms with E-state index in [4.69, 9.17) is 0 Å². The molecule has 0 saturated carbocycles. The van der Waals surface area contributed by atoms with Crippen LogP contribution in [0.2, 0.25) is 0 Å². The van der Waals surface area contributed by atoms with Gasteiger partial charge in [0.05, 0.1) is 0 Å². The van der Waals surface area contributed by atoms with Crippen LogP contribution in [0.25, 0.3) is 16.7 Å². The van der Waals surface area contributed by atoms with E-state index in [-0.39, 0.29) is 0 Å². The van der Waals surface area contributed by atoms with Crippen LogP contribution in [0.5, 0.6) is 0 Å². The lowest BCUT2D eigenvalue weighted by molar-refractivity contribution is 0.532. The smallest absolute Gasteiger partial charge is 0.145 e. The molecule has 2 nitrogen and oxygen atoms in total. The fraction of sp³-hybridized carbons (Fsp3) is 0.0476. The van der Waals surface area contributed by atoms with E-state index in [1.165, 1.54) is 22.3 Å². The normalized spacial score (nSPS) is 13.6. The Morgan fingerprint density at radius 1 is 0.386 bits per heavy atom. The van der Waals surface area contributed by atoms with Crippen LogP contribution in [0.3, 0.4) is 0 Å². The molecule has 0 saturated heterocycles. The molecule has 1 aliphatic carbocycles. The first-order valence-corrected chi connectivity index (χ1v) is 15.2. The Kier molecular flexibility index (Phi) is 7.63. The molecule has 1 aliphatic rings. The van der Waals surface area contributed by atoms with Crippen molar-refractivity contribution < 1.29 is 0 Å². The number of benzene rings is 6. The molecule has 6 aromatic rings. The summed E-state index contributed by atoms with van der Waals surface area (Å²) in [5, 5.41) is 0. The first-order valence-electron chi connectivity index (χ1n) is 15.2. The van der Waals surface area contributed by atoms with Crippen molar-refractivity contribution in [3.8, 4) is 11.1 Å². The molecule has 212 valence electrons. The Labute approximate surface area is 260 Å². The molecular formula is C42H34N2. The minimum atomic E-state index is -0.640. The lowest BCUT2D eigenvalue weighted by atomic mass is 9.83. The fourth-order valence-electron chi connectivity index (χ4n) is 6.44. The molecule has 2 heteroatoms. The summed E-state index contributed by atoms with van der Waals surface area (Å²) in [5.41, 5.74) is 8.83. The molecular weight excluding hydrogens is 532 g/mol. The number of hydrogen-bond donors (Lipinski definition) is 0. The minimum Gasteiger partial charge on any atom is -0.314 e. The first-order chi connectivity index (χ1) is 21.8. The fourth-order valence-corrected chi connectivity index (χ4v) is 6.44. The monoisotopic (exact) mass is 566 g/mol. The van der Waals surface area contributed by atoms with Crippen molar-refractivity contribution in [1.29, 1.82) is 0 Å². The van der Waals surface area contributed by atoms with E-state index in [1.807, 2.05) is 0 Å². The molecule has 0 N–H and O–H groups in total. The zero-order valence-electron chi connectivity index (χ0n) is 24.6. The average molecular weight is 567 g/mol. The maximum absolute atomic E-state index is 2.50. The summed E-state index contributed by atoms with van der Waals surface area (Å²) >= 11 is 0. The maximum Gasteiger partial charge on any atom is 0.145 e. The number of hydrogen-bond acceptors (Lipinski definition) is 2. The second-order valence-electron chi connectivity index (χ2n) is 11.0. The molecule has 0 fully saturated rings. The maximum atomic E-state index is 2.50. The van der Waals surface area contributed by atoms with Crippen LogP contribution >= 0.6 is 0 Å². The SMILES string of the molecule is C1=CC(N(c2ccccc2)c2ccccc2)(N(c2ccccc2)c2ccccc2)CC(c2ccccc2-c2ccccc2)=C1. The predicted molar refractivity (Wildman–Crippen MR) is 186 cm³/mol. The molecule has 6 aromatic carbocycles. The Hall–Kier alpha value is -5.60. The molecule has 0 spiro atoms. The van der Waals surface area contributed by atoms with E-state index >= 15 is 0 Å². The molecule has 0 aliphatic heterocycles. The highest BCUT2D eigenvalue weighted by molar-refractivity contribution is 5.86. The van der Waals surface area contributed by atoms with Crippen LogP contribution in [0.4, 0.5) is 22.7 Å². The summed E-state index contributed by atoms with van der Waals surface area (Å²) in [6.07, 6.45) is 7.66. The van der Waals surface area contributed by atoms with Gasteiger partial charge >= 0.3 is 0 Å². The standard InChI is InChI=1S/C42H34N2/c1-6-19-34(20-7-1)40-30-16-17-31-41(40)35-21-18-32-42(33-35,43(36-22-8-2-9-23-36)37-24-10-3-11-25-37)44(38-26-12-4-13-27-38)39-28-14-5-15-29-39/h1-32H,33H2. The van der Waals surface area contributed by atoms with Gasteiger partial charge in [-0.25, -0.2) is 0 Å². The van der Waals surface area contributed by atoms with E-state index in [0.717, 1.165) is 29.2 Å². The van der Waals surface area contributed by atoms with Gasteiger partial charge < -0.3 is 9.80 Å². The second-order valence-corrected chi connectivity index (χ2v) is 11.0. The van der Waals surface area contributed by atoms with Crippen molar-refractivity contribution in [3.05, 3.63) is 200 Å². The predicted octanol–water partition coefficient (Wildman–Crippen LogP) is 11.1. The van der Waals surface area contributed by atoms with Gasteiger partial charge in [-0.1, -0.05) is 140 Å². The van der Waals surface area contributed by atoms with Gasteiger partial charge in [0.2, 0.25) is 0 Å². The van der Waals surface area contributed by atoms with Gasteiger partial charge in [-0.05, 0) is 76.9 Å². The van der Waals surface area contributed by atoms with Gasteiger partial charge in [-0.3, -0.25) is 0 Å². The van der Waals surface area contributed by atoms with E-state index in [0.29, 0.717) is 0 Å². The Balaban J connectivity index is 1.50. The molecule has 0 aromatic heterocycles. The number of allylic oxidation sites excluding steroid dienone is 2. The van der Waals surface area contributed by atoms with Crippen molar-refractivity contribution >= 4 is 28.3 Å². The van der Waals surface area contributed by atoms with Crippen LogP contribution in [0.15, 0.2) is 194 Å². The Morgan fingerprint density at radius 3 is 1.18 bits per heavy atom. The minimum absolute atomic E-state index is 0.640. The molecule has 0 bridgehead atoms. The summed E-state index contributed by atoms with van der Waals surface area (Å²) in [4.78, 5) is 5.00. The van der Waals surface area contributed by atoms with Crippen molar-refractivity contribution in [2.75, 3.05) is 9.80 Å². The topological polar surface area (TPSA) is 6.48 Å². The van der Waals surface area contributed by atoms with Gasteiger partial charge in [0.25, 0.3) is 0 Å². The third-order valence-electron chi connectivity index (χ3n) is 8.30. The summed E-state index contributed by atoms with van der Waals surface area (Å²) < 4.78 is 0. The van der Waals surface area contributed by atoms with Crippen molar-refractivity contribution in [1.82, 2.24) is 0 Å². The molecule has 0 atom stereocenters. The highest BCUT2D eigenvalue weighted by Gasteiger charge is 2.44. The average Bonchev–Trinajstić information content (AvgIpc) is 3.11. The zero-order valence-corrected chi connectivity index (χ0v) is 24.6. The molecule has 0 heterocycles. The second kappa shape index (κ2) is 12.3. The van der Waals surface area contributed by atoms with Gasteiger partial charge in [-0.2, -0.15) is 0 Å². The van der Waals surface area contributed by atoms with Gasteiger partial charge in [0.1, 0.15) is 5.66 Å². The van der Waals surface area contributed by atoms with Gasteiger partial charge in [0.15, 0.2) is 0 Å². The number of para-hydroxylation sites is 4. The van der Waals surface area contributed by atoms with E-state index in [1.54, 1.807) is 0 Å². The van der Waals surface area contributed by atoms with Crippen molar-refractivity contribution in [2.24, 2.45) is 0 Å². The van der Waals surface area contributed by atoms with Crippen LogP contribution in [0, 0.1) is 0 Å². The summed E-state index contributed by atoms with van der Waals surface area (Å²) in [6, 6.07) is 62.6. The van der Waals surface area contributed by atoms with Gasteiger partial charge in [-0.15, -0.1) is 0 Å². The van der Waals surface area contributed by atoms with Crippen LogP contribution in [-0.4, -0.2) is 5.66 Å². The highest BCUT2D eigenvalue weighted by Crippen LogP contribution is 2.49. The highest BCUT2D eigenvalue weighted by atomic mass is 15.4. The molecule has 44 heavy (non-hydrogen) atoms. The van der Waals surface area contributed by atoms with Crippen molar-refractivity contribution in [2.45, 2.75) is 12.1 Å². The quantitative estimate of drug-likeness (QED) is 0.169. The van der Waals surface area contributed by atoms with Crippen LogP contribution < -0.4 is 9.80 Å². The third-order valence-corrected chi connectivity index (χ3v) is 8.30. The summed E-state index contributed by atoms with van der Waals surface area (Å²) in [5.74, 6) is 0. The van der Waals surface area contributed by atoms with E-state index in [2.05, 4.69) is 204 Å². The van der Waals surface area contributed by atoms with E-state index in [9.17, 15) is 0 Å². The Bertz CT molecular complexity index is 1700. The third kappa shape index (κ3) is 5.23. The first kappa shape index (κ1) is 27.2. The molecule has 0 amide bonds. The zero-order chi connectivity index (χ0) is 29.6. The van der Waals surface area contributed by atoms with Crippen molar-refractivity contribution in [3.63, 3.8) is 0 Å². The van der Waals surface area contributed by atoms with Crippen LogP contribution in [0.1, 0.15) is 12.0 Å². The Morgan fingerprint density at radius 2 is 0.750 bits per heavy atom. The van der Waals surface area contributed by atoms with Gasteiger partial charge in [0, 0.05) is 29.2 Å². The summed E-state index contributed by atoms with van der Waals surface area (Å²) in [7, 11) is 0.